The second-order valence-electron chi connectivity index (χ2n) is 7.58. The molecule has 0 saturated carbocycles. The van der Waals surface area contributed by atoms with E-state index in [4.69, 9.17) is 14.2 Å². The molecule has 158 valence electrons. The molecule has 0 radical (unpaired) electrons. The van der Waals surface area contributed by atoms with Crippen LogP contribution in [-0.4, -0.2) is 30.0 Å². The van der Waals surface area contributed by atoms with Crippen molar-refractivity contribution in [3.63, 3.8) is 0 Å². The first-order valence-electron chi connectivity index (χ1n) is 10.0. The molecule has 3 heterocycles. The molecule has 2 aromatic carbocycles. The number of aryl methyl sites for hydroxylation is 1. The lowest BCUT2D eigenvalue weighted by atomic mass is 10.1. The molecule has 0 spiro atoms. The molecule has 0 atom stereocenters. The van der Waals surface area contributed by atoms with Crippen LogP contribution in [0.3, 0.4) is 0 Å². The predicted molar refractivity (Wildman–Crippen MR) is 110 cm³/mol. The number of nitrogens with zero attached hydrogens (tertiary/aromatic N) is 2. The summed E-state index contributed by atoms with van der Waals surface area (Å²) in [5.41, 5.74) is 2.49. The van der Waals surface area contributed by atoms with Crippen LogP contribution in [0.15, 0.2) is 36.4 Å². The number of carbonyl (C=O) groups is 2. The molecule has 0 unspecified atom stereocenters. The number of aromatic nitrogens is 1. The first-order chi connectivity index (χ1) is 15.0. The average Bonchev–Trinajstić information content (AvgIpc) is 3.26. The molecule has 2 aliphatic heterocycles. The van der Waals surface area contributed by atoms with E-state index >= 15 is 0 Å². The van der Waals surface area contributed by atoms with Gasteiger partial charge < -0.3 is 19.1 Å². The molecular formula is C23H19FN2O5. The predicted octanol–water partition coefficient (Wildman–Crippen LogP) is 3.69. The molecule has 7 nitrogen and oxygen atoms in total. The molecule has 0 N–H and O–H groups in total. The van der Waals surface area contributed by atoms with Gasteiger partial charge in [-0.05, 0) is 49.6 Å². The third kappa shape index (κ3) is 3.54. The highest BCUT2D eigenvalue weighted by molar-refractivity contribution is 6.32. The van der Waals surface area contributed by atoms with Crippen molar-refractivity contribution in [2.45, 2.75) is 26.4 Å². The van der Waals surface area contributed by atoms with Crippen molar-refractivity contribution in [2.24, 2.45) is 0 Å². The number of rotatable bonds is 4. The minimum absolute atomic E-state index is 0.107. The smallest absolute Gasteiger partial charge is 0.423 e. The zero-order valence-electron chi connectivity index (χ0n) is 16.8. The van der Waals surface area contributed by atoms with Gasteiger partial charge in [0.25, 0.3) is 0 Å². The second kappa shape index (κ2) is 7.54. The molecule has 1 saturated heterocycles. The molecule has 2 aliphatic rings. The minimum Gasteiger partial charge on any atom is -0.489 e. The molecule has 2 bridgehead atoms. The summed E-state index contributed by atoms with van der Waals surface area (Å²) in [5, 5.41) is 0.623. The Balaban J connectivity index is 1.63. The maximum absolute atomic E-state index is 13.4. The fourth-order valence-electron chi connectivity index (χ4n) is 4.03. The maximum Gasteiger partial charge on any atom is 0.423 e. The van der Waals surface area contributed by atoms with E-state index in [9.17, 15) is 14.0 Å². The Hall–Kier alpha value is -3.68. The largest absolute Gasteiger partial charge is 0.489 e. The van der Waals surface area contributed by atoms with Crippen molar-refractivity contribution in [1.29, 1.82) is 0 Å². The van der Waals surface area contributed by atoms with Crippen molar-refractivity contribution >= 4 is 28.5 Å². The number of halogens is 1. The maximum atomic E-state index is 13.4. The summed E-state index contributed by atoms with van der Waals surface area (Å²) in [6.45, 7) is 3.46. The summed E-state index contributed by atoms with van der Waals surface area (Å²) < 4.78 is 29.9. The average molecular weight is 422 g/mol. The monoisotopic (exact) mass is 422 g/mol. The highest BCUT2D eigenvalue weighted by atomic mass is 19.1. The van der Waals surface area contributed by atoms with Gasteiger partial charge in [-0.25, -0.2) is 19.0 Å². The normalized spacial score (nSPS) is 15.6. The summed E-state index contributed by atoms with van der Waals surface area (Å²) >= 11 is 0. The van der Waals surface area contributed by atoms with E-state index in [1.54, 1.807) is 25.1 Å². The van der Waals surface area contributed by atoms with Crippen LogP contribution >= 0.6 is 0 Å². The molecule has 1 aromatic heterocycles. The number of benzene rings is 2. The first-order valence-corrected chi connectivity index (χ1v) is 10.0. The van der Waals surface area contributed by atoms with E-state index in [1.165, 1.54) is 12.1 Å². The van der Waals surface area contributed by atoms with Crippen LogP contribution in [0.25, 0.3) is 10.9 Å². The number of esters is 2. The number of carbonyl (C=O) groups excluding carboxylic acids is 2. The molecule has 0 aliphatic carbocycles. The van der Waals surface area contributed by atoms with Gasteiger partial charge in [-0.15, -0.1) is 0 Å². The van der Waals surface area contributed by atoms with E-state index in [1.807, 2.05) is 6.07 Å². The van der Waals surface area contributed by atoms with Crippen LogP contribution in [0.5, 0.6) is 17.2 Å². The van der Waals surface area contributed by atoms with Crippen LogP contribution in [0.1, 0.15) is 24.1 Å². The van der Waals surface area contributed by atoms with Gasteiger partial charge in [-0.2, -0.15) is 0 Å². The summed E-state index contributed by atoms with van der Waals surface area (Å²) in [7, 11) is 0. The van der Waals surface area contributed by atoms with E-state index in [0.717, 1.165) is 25.9 Å². The zero-order chi connectivity index (χ0) is 21.5. The summed E-state index contributed by atoms with van der Waals surface area (Å²) in [6, 6.07) is 9.33. The Morgan fingerprint density at radius 2 is 1.87 bits per heavy atom. The second-order valence-corrected chi connectivity index (χ2v) is 7.58. The SMILES string of the molecule is Cc1nc2cc(COc3cccc(F)c3)cc3c2c(N2CCCC2)c1OC(=O)C(=O)O3. The minimum atomic E-state index is -1.09. The van der Waals surface area contributed by atoms with E-state index in [0.29, 0.717) is 39.3 Å². The van der Waals surface area contributed by atoms with Gasteiger partial charge in [0.05, 0.1) is 22.3 Å². The zero-order valence-corrected chi connectivity index (χ0v) is 16.8. The van der Waals surface area contributed by atoms with Crippen LogP contribution in [0.2, 0.25) is 0 Å². The summed E-state index contributed by atoms with van der Waals surface area (Å²) in [5.74, 6) is -1.68. The van der Waals surface area contributed by atoms with Crippen LogP contribution in [0.4, 0.5) is 10.1 Å². The standard InChI is InChI=1S/C23H19FN2O5/c1-13-21-20(26-7-2-3-8-26)19-17(25-13)9-14(10-18(19)30-22(27)23(28)31-21)12-29-16-6-4-5-15(24)11-16/h4-6,9-11H,2-3,7-8,12H2,1H3. The first kappa shape index (κ1) is 19.3. The van der Waals surface area contributed by atoms with E-state index in [-0.39, 0.29) is 12.4 Å². The van der Waals surface area contributed by atoms with Crippen molar-refractivity contribution in [1.82, 2.24) is 4.98 Å². The molecule has 1 fully saturated rings. The fourth-order valence-corrected chi connectivity index (χ4v) is 4.03. The Morgan fingerprint density at radius 1 is 1.10 bits per heavy atom. The highest BCUT2D eigenvalue weighted by Gasteiger charge is 2.32. The van der Waals surface area contributed by atoms with Crippen molar-refractivity contribution in [3.05, 3.63) is 53.5 Å². The van der Waals surface area contributed by atoms with Crippen LogP contribution < -0.4 is 19.1 Å². The van der Waals surface area contributed by atoms with Crippen molar-refractivity contribution in [2.75, 3.05) is 18.0 Å². The Bertz CT molecular complexity index is 1220. The quantitative estimate of drug-likeness (QED) is 0.361. The van der Waals surface area contributed by atoms with Gasteiger partial charge >= 0.3 is 11.9 Å². The number of fused-ring (bicyclic) bond motifs is 1. The summed E-state index contributed by atoms with van der Waals surface area (Å²) in [4.78, 5) is 31.2. The molecule has 3 aromatic rings. The van der Waals surface area contributed by atoms with Gasteiger partial charge in [0.1, 0.15) is 23.9 Å². The van der Waals surface area contributed by atoms with E-state index < -0.39 is 17.8 Å². The van der Waals surface area contributed by atoms with Gasteiger partial charge in [0, 0.05) is 19.2 Å². The van der Waals surface area contributed by atoms with Gasteiger partial charge in [-0.3, -0.25) is 0 Å². The van der Waals surface area contributed by atoms with Crippen LogP contribution in [0, 0.1) is 12.7 Å². The topological polar surface area (TPSA) is 78.0 Å². The third-order valence-corrected chi connectivity index (χ3v) is 5.40. The fraction of sp³-hybridized carbons (Fsp3) is 0.261. The Morgan fingerprint density at radius 3 is 2.65 bits per heavy atom. The molecule has 5 rings (SSSR count). The lowest BCUT2D eigenvalue weighted by Gasteiger charge is -2.26. The number of anilines is 1. The van der Waals surface area contributed by atoms with Crippen molar-refractivity contribution < 1.29 is 28.2 Å². The highest BCUT2D eigenvalue weighted by Crippen LogP contribution is 2.45. The molecule has 0 amide bonds. The van der Waals surface area contributed by atoms with Gasteiger partial charge in [-0.1, -0.05) is 6.07 Å². The van der Waals surface area contributed by atoms with Crippen molar-refractivity contribution in [3.8, 4) is 17.2 Å². The lowest BCUT2D eigenvalue weighted by molar-refractivity contribution is -0.156. The number of hydrogen-bond acceptors (Lipinski definition) is 7. The third-order valence-electron chi connectivity index (χ3n) is 5.40. The number of hydrogen-bond donors (Lipinski definition) is 0. The van der Waals surface area contributed by atoms with Gasteiger partial charge in [0.15, 0.2) is 5.75 Å². The molecule has 31 heavy (non-hydrogen) atoms. The Kier molecular flexibility index (Phi) is 4.69. The van der Waals surface area contributed by atoms with Crippen LogP contribution in [-0.2, 0) is 16.2 Å². The number of pyridine rings is 1. The molecule has 8 heteroatoms. The van der Waals surface area contributed by atoms with Gasteiger partial charge in [0.2, 0.25) is 0 Å². The Labute approximate surface area is 177 Å². The lowest BCUT2D eigenvalue weighted by Crippen LogP contribution is -2.29. The molecular weight excluding hydrogens is 403 g/mol. The summed E-state index contributed by atoms with van der Waals surface area (Å²) in [6.07, 6.45) is 2.04. The van der Waals surface area contributed by atoms with E-state index in [2.05, 4.69) is 9.88 Å². The number of ether oxygens (including phenoxy) is 3.